The van der Waals surface area contributed by atoms with Gasteiger partial charge in [0, 0.05) is 13.8 Å². The largest absolute Gasteiger partial charge is 0.710 e. The van der Waals surface area contributed by atoms with Gasteiger partial charge in [0.05, 0.1) is 6.42 Å². The summed E-state index contributed by atoms with van der Waals surface area (Å²) in [5, 5.41) is 21.1. The summed E-state index contributed by atoms with van der Waals surface area (Å²) in [5.41, 5.74) is 0.875. The molecule has 0 aliphatic rings. The number of unbranched alkanes of at least 4 members (excludes halogenated alkanes) is 2. The van der Waals surface area contributed by atoms with Gasteiger partial charge in [-0.2, -0.15) is 0 Å². The van der Waals surface area contributed by atoms with Crippen LogP contribution >= 0.6 is 0 Å². The maximum Gasteiger partial charge on any atom is 0.302 e. The SMILES string of the molecule is CCCCCc1nc(C)c(O)c(C)[n+]1[O-]. The van der Waals surface area contributed by atoms with Crippen LogP contribution in [0.1, 0.15) is 43.4 Å². The Morgan fingerprint density at radius 2 is 2.00 bits per heavy atom. The van der Waals surface area contributed by atoms with Crippen LogP contribution in [0.3, 0.4) is 0 Å². The Labute approximate surface area is 90.2 Å². The van der Waals surface area contributed by atoms with Crippen molar-refractivity contribution in [2.45, 2.75) is 46.5 Å². The van der Waals surface area contributed by atoms with Crippen LogP contribution in [0.25, 0.3) is 0 Å². The summed E-state index contributed by atoms with van der Waals surface area (Å²) in [6.45, 7) is 5.44. The molecule has 0 fully saturated rings. The van der Waals surface area contributed by atoms with Crippen molar-refractivity contribution in [3.05, 3.63) is 22.4 Å². The molecule has 84 valence electrons. The van der Waals surface area contributed by atoms with E-state index >= 15 is 0 Å². The van der Waals surface area contributed by atoms with E-state index in [2.05, 4.69) is 11.9 Å². The van der Waals surface area contributed by atoms with Crippen molar-refractivity contribution in [3.8, 4) is 5.75 Å². The van der Waals surface area contributed by atoms with Gasteiger partial charge in [0.25, 0.3) is 0 Å². The molecule has 0 radical (unpaired) electrons. The van der Waals surface area contributed by atoms with Gasteiger partial charge >= 0.3 is 5.82 Å². The number of hydrogen-bond donors (Lipinski definition) is 1. The molecule has 0 atom stereocenters. The molecule has 0 amide bonds. The van der Waals surface area contributed by atoms with Crippen molar-refractivity contribution in [2.75, 3.05) is 0 Å². The van der Waals surface area contributed by atoms with E-state index in [-0.39, 0.29) is 5.75 Å². The monoisotopic (exact) mass is 210 g/mol. The lowest BCUT2D eigenvalue weighted by molar-refractivity contribution is -0.625. The predicted octanol–water partition coefficient (Wildman–Crippen LogP) is 1.77. The number of aryl methyl sites for hydroxylation is 2. The third kappa shape index (κ3) is 2.58. The second-order valence-corrected chi connectivity index (χ2v) is 3.80. The summed E-state index contributed by atoms with van der Waals surface area (Å²) in [5.74, 6) is 0.514. The highest BCUT2D eigenvalue weighted by atomic mass is 16.5. The van der Waals surface area contributed by atoms with Crippen molar-refractivity contribution >= 4 is 0 Å². The van der Waals surface area contributed by atoms with E-state index in [4.69, 9.17) is 0 Å². The van der Waals surface area contributed by atoms with Crippen LogP contribution < -0.4 is 4.73 Å². The lowest BCUT2D eigenvalue weighted by atomic mass is 10.2. The summed E-state index contributed by atoms with van der Waals surface area (Å²) >= 11 is 0. The van der Waals surface area contributed by atoms with Crippen molar-refractivity contribution in [2.24, 2.45) is 0 Å². The Bertz CT molecular complexity index is 351. The van der Waals surface area contributed by atoms with Gasteiger partial charge in [-0.25, -0.2) is 4.73 Å². The van der Waals surface area contributed by atoms with Gasteiger partial charge < -0.3 is 10.3 Å². The first-order valence-electron chi connectivity index (χ1n) is 5.36. The smallest absolute Gasteiger partial charge is 0.302 e. The summed E-state index contributed by atoms with van der Waals surface area (Å²) in [4.78, 5) is 4.11. The second-order valence-electron chi connectivity index (χ2n) is 3.80. The molecule has 0 saturated heterocycles. The number of aromatic hydroxyl groups is 1. The van der Waals surface area contributed by atoms with E-state index in [1.807, 2.05) is 0 Å². The molecule has 0 unspecified atom stereocenters. The minimum Gasteiger partial charge on any atom is -0.710 e. The molecule has 1 rings (SSSR count). The van der Waals surface area contributed by atoms with Crippen molar-refractivity contribution in [1.29, 1.82) is 0 Å². The van der Waals surface area contributed by atoms with Crippen LogP contribution in [-0.4, -0.2) is 10.1 Å². The maximum atomic E-state index is 11.6. The fourth-order valence-electron chi connectivity index (χ4n) is 1.53. The first kappa shape index (κ1) is 11.8. The summed E-state index contributed by atoms with van der Waals surface area (Å²) in [6, 6.07) is 0. The van der Waals surface area contributed by atoms with Gasteiger partial charge in [-0.1, -0.05) is 19.8 Å². The average molecular weight is 210 g/mol. The van der Waals surface area contributed by atoms with Crippen LogP contribution in [0.15, 0.2) is 0 Å². The summed E-state index contributed by atoms with van der Waals surface area (Å²) in [6.07, 6.45) is 3.87. The average Bonchev–Trinajstić information content (AvgIpc) is 2.23. The highest BCUT2D eigenvalue weighted by Crippen LogP contribution is 2.16. The third-order valence-corrected chi connectivity index (χ3v) is 2.53. The third-order valence-electron chi connectivity index (χ3n) is 2.53. The van der Waals surface area contributed by atoms with Gasteiger partial charge in [0.15, 0.2) is 5.69 Å². The Kier molecular flexibility index (Phi) is 3.88. The minimum absolute atomic E-state index is 0.00393. The van der Waals surface area contributed by atoms with Crippen LogP contribution in [0, 0.1) is 19.1 Å². The fourth-order valence-corrected chi connectivity index (χ4v) is 1.53. The zero-order chi connectivity index (χ0) is 11.4. The number of hydrogen-bond acceptors (Lipinski definition) is 3. The molecule has 4 nitrogen and oxygen atoms in total. The van der Waals surface area contributed by atoms with Gasteiger partial charge in [-0.05, 0) is 11.4 Å². The number of nitrogens with zero attached hydrogens (tertiary/aromatic N) is 2. The summed E-state index contributed by atoms with van der Waals surface area (Å²) in [7, 11) is 0. The molecule has 0 aromatic carbocycles. The van der Waals surface area contributed by atoms with E-state index in [0.29, 0.717) is 23.6 Å². The van der Waals surface area contributed by atoms with E-state index in [0.717, 1.165) is 24.0 Å². The van der Waals surface area contributed by atoms with Crippen LogP contribution in [0.4, 0.5) is 0 Å². The Morgan fingerprint density at radius 1 is 1.33 bits per heavy atom. The maximum absolute atomic E-state index is 11.6. The molecule has 1 aromatic heterocycles. The van der Waals surface area contributed by atoms with Crippen molar-refractivity contribution in [3.63, 3.8) is 0 Å². The quantitative estimate of drug-likeness (QED) is 0.468. The molecular formula is C11H18N2O2. The molecule has 0 aliphatic carbocycles. The molecule has 0 spiro atoms. The van der Waals surface area contributed by atoms with Crippen molar-refractivity contribution in [1.82, 2.24) is 4.98 Å². The molecule has 1 N–H and O–H groups in total. The molecule has 15 heavy (non-hydrogen) atoms. The van der Waals surface area contributed by atoms with Crippen LogP contribution in [0.5, 0.6) is 5.75 Å². The minimum atomic E-state index is 0.00393. The predicted molar refractivity (Wildman–Crippen MR) is 57.6 cm³/mol. The lowest BCUT2D eigenvalue weighted by Gasteiger charge is -2.11. The summed E-state index contributed by atoms with van der Waals surface area (Å²) < 4.78 is 0.734. The van der Waals surface area contributed by atoms with Crippen LogP contribution in [-0.2, 0) is 6.42 Å². The van der Waals surface area contributed by atoms with E-state index in [1.165, 1.54) is 0 Å². The normalized spacial score (nSPS) is 10.6. The fraction of sp³-hybridized carbons (Fsp3) is 0.636. The number of rotatable bonds is 4. The Morgan fingerprint density at radius 3 is 2.60 bits per heavy atom. The topological polar surface area (TPSA) is 60.1 Å². The molecule has 0 bridgehead atoms. The van der Waals surface area contributed by atoms with Crippen molar-refractivity contribution < 1.29 is 9.84 Å². The van der Waals surface area contributed by atoms with Gasteiger partial charge in [-0.15, -0.1) is 0 Å². The van der Waals surface area contributed by atoms with E-state index in [9.17, 15) is 10.3 Å². The molecule has 4 heteroatoms. The highest BCUT2D eigenvalue weighted by molar-refractivity contribution is 5.26. The number of aromatic nitrogens is 2. The van der Waals surface area contributed by atoms with Gasteiger partial charge in [0.1, 0.15) is 5.69 Å². The molecular weight excluding hydrogens is 192 g/mol. The molecule has 0 aliphatic heterocycles. The Hall–Kier alpha value is -1.32. The zero-order valence-electron chi connectivity index (χ0n) is 9.58. The van der Waals surface area contributed by atoms with E-state index in [1.54, 1.807) is 13.8 Å². The second kappa shape index (κ2) is 4.96. The van der Waals surface area contributed by atoms with Gasteiger partial charge in [0.2, 0.25) is 5.75 Å². The molecule has 1 aromatic rings. The zero-order valence-corrected chi connectivity index (χ0v) is 9.58. The first-order valence-corrected chi connectivity index (χ1v) is 5.36. The molecule has 1 heterocycles. The van der Waals surface area contributed by atoms with Crippen LogP contribution in [0.2, 0.25) is 0 Å². The highest BCUT2D eigenvalue weighted by Gasteiger charge is 2.17. The first-order chi connectivity index (χ1) is 7.07. The Balaban J connectivity index is 2.89. The van der Waals surface area contributed by atoms with E-state index < -0.39 is 0 Å². The molecule has 0 saturated carbocycles. The lowest BCUT2D eigenvalue weighted by Crippen LogP contribution is -2.37. The standard InChI is InChI=1S/C11H18N2O2/c1-4-5-6-7-10-12-8(2)11(14)9(3)13(10)15/h14H,4-7H2,1-3H3. The van der Waals surface area contributed by atoms with Gasteiger partial charge in [-0.3, -0.25) is 0 Å².